The molecule has 2 rings (SSSR count). The Bertz CT molecular complexity index is 606. The number of aromatic nitrogens is 2. The largest absolute Gasteiger partial charge is 0.385 e. The van der Waals surface area contributed by atoms with Gasteiger partial charge in [0.05, 0.1) is 0 Å². The summed E-state index contributed by atoms with van der Waals surface area (Å²) in [4.78, 5) is 8.83. The number of benzene rings is 1. The molecule has 0 fully saturated rings. The van der Waals surface area contributed by atoms with Crippen molar-refractivity contribution in [3.8, 4) is 0 Å². The Morgan fingerprint density at radius 1 is 1.18 bits per heavy atom. The summed E-state index contributed by atoms with van der Waals surface area (Å²) in [5.74, 6) is 1.40. The van der Waals surface area contributed by atoms with Gasteiger partial charge in [-0.15, -0.1) is 0 Å². The molecular weight excluding hydrogens is 300 g/mol. The highest BCUT2D eigenvalue weighted by Gasteiger charge is 2.03. The van der Waals surface area contributed by atoms with E-state index in [9.17, 15) is 0 Å². The summed E-state index contributed by atoms with van der Waals surface area (Å²) in [7, 11) is 1.69. The second-order valence-corrected chi connectivity index (χ2v) is 5.34. The molecular formula is C16H21ClN4O. The molecule has 0 saturated heterocycles. The van der Waals surface area contributed by atoms with Crippen LogP contribution >= 0.6 is 11.6 Å². The van der Waals surface area contributed by atoms with Crippen LogP contribution in [0.15, 0.2) is 30.3 Å². The van der Waals surface area contributed by atoms with Crippen molar-refractivity contribution in [1.82, 2.24) is 9.97 Å². The third-order valence-electron chi connectivity index (χ3n) is 3.08. The molecule has 0 aliphatic rings. The Morgan fingerprint density at radius 3 is 2.77 bits per heavy atom. The van der Waals surface area contributed by atoms with E-state index in [1.807, 2.05) is 37.3 Å². The molecule has 0 spiro atoms. The highest BCUT2D eigenvalue weighted by Crippen LogP contribution is 2.17. The predicted molar refractivity (Wildman–Crippen MR) is 90.5 cm³/mol. The van der Waals surface area contributed by atoms with E-state index < -0.39 is 0 Å². The monoisotopic (exact) mass is 320 g/mol. The van der Waals surface area contributed by atoms with Crippen molar-refractivity contribution in [3.05, 3.63) is 46.6 Å². The first-order valence-electron chi connectivity index (χ1n) is 7.25. The van der Waals surface area contributed by atoms with Gasteiger partial charge in [0.2, 0.25) is 5.95 Å². The predicted octanol–water partition coefficient (Wildman–Crippen LogP) is 3.50. The van der Waals surface area contributed by atoms with Crippen molar-refractivity contribution in [2.45, 2.75) is 19.9 Å². The molecule has 118 valence electrons. The molecule has 2 N–H and O–H groups in total. The number of rotatable bonds is 8. The van der Waals surface area contributed by atoms with Crippen molar-refractivity contribution in [3.63, 3.8) is 0 Å². The molecule has 0 unspecified atom stereocenters. The molecule has 5 nitrogen and oxygen atoms in total. The Labute approximate surface area is 136 Å². The van der Waals surface area contributed by atoms with Crippen LogP contribution in [0.4, 0.5) is 11.8 Å². The van der Waals surface area contributed by atoms with Gasteiger partial charge in [-0.05, 0) is 25.0 Å². The number of anilines is 2. The minimum atomic E-state index is 0.623. The van der Waals surface area contributed by atoms with E-state index in [4.69, 9.17) is 16.3 Å². The number of hydrogen-bond acceptors (Lipinski definition) is 5. The quantitative estimate of drug-likeness (QED) is 0.729. The van der Waals surface area contributed by atoms with Crippen LogP contribution < -0.4 is 10.6 Å². The molecule has 1 aromatic heterocycles. The number of ether oxygens (including phenoxy) is 1. The summed E-state index contributed by atoms with van der Waals surface area (Å²) >= 11 is 6.15. The summed E-state index contributed by atoms with van der Waals surface area (Å²) in [6.45, 7) is 4.07. The van der Waals surface area contributed by atoms with Gasteiger partial charge >= 0.3 is 0 Å². The second-order valence-electron chi connectivity index (χ2n) is 4.94. The zero-order valence-corrected chi connectivity index (χ0v) is 13.7. The SMILES string of the molecule is COCCCNc1nc(C)cc(NCc2ccccc2Cl)n1. The van der Waals surface area contributed by atoms with Gasteiger partial charge < -0.3 is 15.4 Å². The Hall–Kier alpha value is -1.85. The van der Waals surface area contributed by atoms with Crippen LogP contribution in [0.5, 0.6) is 0 Å². The van der Waals surface area contributed by atoms with Gasteiger partial charge in [0.1, 0.15) is 5.82 Å². The number of nitrogens with one attached hydrogen (secondary N) is 2. The van der Waals surface area contributed by atoms with E-state index >= 15 is 0 Å². The molecule has 0 atom stereocenters. The van der Waals surface area contributed by atoms with Crippen LogP contribution in [0.2, 0.25) is 5.02 Å². The number of halogens is 1. The minimum absolute atomic E-state index is 0.623. The average Bonchev–Trinajstić information content (AvgIpc) is 2.50. The van der Waals surface area contributed by atoms with E-state index in [-0.39, 0.29) is 0 Å². The summed E-state index contributed by atoms with van der Waals surface area (Å²) in [6.07, 6.45) is 0.913. The van der Waals surface area contributed by atoms with Crippen molar-refractivity contribution < 1.29 is 4.74 Å². The van der Waals surface area contributed by atoms with Crippen LogP contribution in [0.1, 0.15) is 17.7 Å². The number of aryl methyl sites for hydroxylation is 1. The minimum Gasteiger partial charge on any atom is -0.385 e. The fourth-order valence-electron chi connectivity index (χ4n) is 1.98. The van der Waals surface area contributed by atoms with E-state index in [0.717, 1.165) is 41.7 Å². The Balaban J connectivity index is 1.96. The number of hydrogen-bond donors (Lipinski definition) is 2. The molecule has 0 aliphatic carbocycles. The first-order chi connectivity index (χ1) is 10.7. The van der Waals surface area contributed by atoms with Crippen molar-refractivity contribution in [2.24, 2.45) is 0 Å². The smallest absolute Gasteiger partial charge is 0.224 e. The van der Waals surface area contributed by atoms with Gasteiger partial charge in [-0.1, -0.05) is 29.8 Å². The lowest BCUT2D eigenvalue weighted by molar-refractivity contribution is 0.197. The van der Waals surface area contributed by atoms with E-state index in [1.54, 1.807) is 7.11 Å². The third kappa shape index (κ3) is 5.16. The maximum absolute atomic E-state index is 6.15. The van der Waals surface area contributed by atoms with Crippen LogP contribution in [-0.4, -0.2) is 30.2 Å². The van der Waals surface area contributed by atoms with Gasteiger partial charge in [-0.3, -0.25) is 0 Å². The number of methoxy groups -OCH3 is 1. The highest BCUT2D eigenvalue weighted by atomic mass is 35.5. The van der Waals surface area contributed by atoms with Crippen molar-refractivity contribution in [1.29, 1.82) is 0 Å². The van der Waals surface area contributed by atoms with Crippen LogP contribution in [-0.2, 0) is 11.3 Å². The van der Waals surface area contributed by atoms with E-state index in [2.05, 4.69) is 20.6 Å². The highest BCUT2D eigenvalue weighted by molar-refractivity contribution is 6.31. The summed E-state index contributed by atoms with van der Waals surface area (Å²) in [6, 6.07) is 9.68. The van der Waals surface area contributed by atoms with Gasteiger partial charge in [0, 0.05) is 43.6 Å². The van der Waals surface area contributed by atoms with Crippen LogP contribution in [0.25, 0.3) is 0 Å². The van der Waals surface area contributed by atoms with Crippen LogP contribution in [0.3, 0.4) is 0 Å². The molecule has 6 heteroatoms. The molecule has 2 aromatic rings. The van der Waals surface area contributed by atoms with Crippen molar-refractivity contribution >= 4 is 23.4 Å². The second kappa shape index (κ2) is 8.56. The average molecular weight is 321 g/mol. The zero-order chi connectivity index (χ0) is 15.8. The fraction of sp³-hybridized carbons (Fsp3) is 0.375. The number of nitrogens with zero attached hydrogens (tertiary/aromatic N) is 2. The third-order valence-corrected chi connectivity index (χ3v) is 3.45. The first-order valence-corrected chi connectivity index (χ1v) is 7.62. The maximum Gasteiger partial charge on any atom is 0.224 e. The fourth-order valence-corrected chi connectivity index (χ4v) is 2.18. The lowest BCUT2D eigenvalue weighted by Gasteiger charge is -2.10. The standard InChI is InChI=1S/C16H21ClN4O/c1-12-10-15(19-11-13-6-3-4-7-14(13)17)21-16(20-12)18-8-5-9-22-2/h3-4,6-7,10H,5,8-9,11H2,1-2H3,(H2,18,19,20,21). The molecule has 1 aromatic carbocycles. The lowest BCUT2D eigenvalue weighted by atomic mass is 10.2. The first kappa shape index (κ1) is 16.5. The van der Waals surface area contributed by atoms with Gasteiger partial charge in [0.15, 0.2) is 0 Å². The van der Waals surface area contributed by atoms with Crippen LogP contribution in [0, 0.1) is 6.92 Å². The van der Waals surface area contributed by atoms with E-state index in [1.165, 1.54) is 0 Å². The Morgan fingerprint density at radius 2 is 2.00 bits per heavy atom. The molecule has 1 heterocycles. The molecule has 0 saturated carbocycles. The van der Waals surface area contributed by atoms with Gasteiger partial charge in [0.25, 0.3) is 0 Å². The van der Waals surface area contributed by atoms with E-state index in [0.29, 0.717) is 12.5 Å². The molecule has 0 bridgehead atoms. The summed E-state index contributed by atoms with van der Waals surface area (Å²) < 4.78 is 5.02. The van der Waals surface area contributed by atoms with Crippen molar-refractivity contribution in [2.75, 3.05) is 30.9 Å². The molecule has 0 aliphatic heterocycles. The summed E-state index contributed by atoms with van der Waals surface area (Å²) in [5.41, 5.74) is 1.95. The molecule has 0 amide bonds. The molecule has 22 heavy (non-hydrogen) atoms. The summed E-state index contributed by atoms with van der Waals surface area (Å²) in [5, 5.41) is 7.24. The van der Waals surface area contributed by atoms with Gasteiger partial charge in [-0.25, -0.2) is 4.98 Å². The molecule has 0 radical (unpaired) electrons. The zero-order valence-electron chi connectivity index (χ0n) is 12.9. The maximum atomic E-state index is 6.15. The van der Waals surface area contributed by atoms with Gasteiger partial charge in [-0.2, -0.15) is 4.98 Å². The topological polar surface area (TPSA) is 59.1 Å². The normalized spacial score (nSPS) is 10.5. The Kier molecular flexibility index (Phi) is 6.43. The lowest BCUT2D eigenvalue weighted by Crippen LogP contribution is -2.10.